The Bertz CT molecular complexity index is 349. The van der Waals surface area contributed by atoms with Crippen LogP contribution in [0.2, 0.25) is 0 Å². The van der Waals surface area contributed by atoms with E-state index in [0.29, 0.717) is 24.0 Å². The third-order valence-corrected chi connectivity index (χ3v) is 5.04. The van der Waals surface area contributed by atoms with Crippen molar-refractivity contribution >= 4 is 11.8 Å². The number of ether oxygens (including phenoxy) is 1. The summed E-state index contributed by atoms with van der Waals surface area (Å²) in [7, 11) is 0. The lowest BCUT2D eigenvalue weighted by Crippen LogP contribution is -2.47. The topological polar surface area (TPSA) is 43.4 Å². The fourth-order valence-electron chi connectivity index (χ4n) is 4.07. The van der Waals surface area contributed by atoms with Crippen LogP contribution in [0.15, 0.2) is 0 Å². The van der Waals surface area contributed by atoms with Gasteiger partial charge in [-0.2, -0.15) is 0 Å². The van der Waals surface area contributed by atoms with Gasteiger partial charge in [-0.05, 0) is 31.6 Å². The molecule has 16 heavy (non-hydrogen) atoms. The molecular weight excluding hydrogens is 204 g/mol. The van der Waals surface area contributed by atoms with Gasteiger partial charge >= 0.3 is 5.97 Å². The maximum Gasteiger partial charge on any atom is 0.306 e. The van der Waals surface area contributed by atoms with Gasteiger partial charge in [0.2, 0.25) is 0 Å². The van der Waals surface area contributed by atoms with Gasteiger partial charge in [0.1, 0.15) is 11.9 Å². The quantitative estimate of drug-likeness (QED) is 0.589. The van der Waals surface area contributed by atoms with Crippen LogP contribution in [0.1, 0.15) is 45.4 Å². The van der Waals surface area contributed by atoms with Crippen molar-refractivity contribution in [3.8, 4) is 0 Å². The SMILES string of the molecule is C[C@@]12CC[C@@H]3OC(=O)CC[C@@H]3[C@@H]1CCC2=O. The molecule has 3 aliphatic rings. The number of rotatable bonds is 0. The van der Waals surface area contributed by atoms with Gasteiger partial charge in [0.15, 0.2) is 0 Å². The van der Waals surface area contributed by atoms with Crippen LogP contribution in [0.5, 0.6) is 0 Å². The van der Waals surface area contributed by atoms with Crippen molar-refractivity contribution in [1.29, 1.82) is 0 Å². The maximum atomic E-state index is 12.0. The standard InChI is InChI=1S/C13H18O3/c1-13-7-6-10-8(2-5-12(15)16-10)9(13)3-4-11(13)14/h8-10H,2-7H2,1H3/t8-,9+,10+,13-/m1/s1. The summed E-state index contributed by atoms with van der Waals surface area (Å²) in [5.74, 6) is 1.30. The van der Waals surface area contributed by atoms with E-state index in [4.69, 9.17) is 4.74 Å². The number of carbonyl (C=O) groups excluding carboxylic acids is 2. The molecule has 1 saturated heterocycles. The highest BCUT2D eigenvalue weighted by atomic mass is 16.5. The maximum absolute atomic E-state index is 12.0. The number of ketones is 1. The molecule has 0 unspecified atom stereocenters. The number of esters is 1. The van der Waals surface area contributed by atoms with E-state index in [9.17, 15) is 9.59 Å². The molecule has 3 nitrogen and oxygen atoms in total. The molecular formula is C13H18O3. The molecule has 0 spiro atoms. The number of hydrogen-bond acceptors (Lipinski definition) is 3. The van der Waals surface area contributed by atoms with Crippen LogP contribution in [-0.2, 0) is 14.3 Å². The number of carbonyl (C=O) groups is 2. The third kappa shape index (κ3) is 1.26. The van der Waals surface area contributed by atoms with Crippen LogP contribution in [-0.4, -0.2) is 17.9 Å². The zero-order chi connectivity index (χ0) is 11.3. The number of Topliss-reactive ketones (excluding diaryl/α,β-unsaturated/α-hetero) is 1. The molecule has 88 valence electrons. The first-order chi connectivity index (χ1) is 7.61. The monoisotopic (exact) mass is 222 g/mol. The molecule has 0 bridgehead atoms. The third-order valence-electron chi connectivity index (χ3n) is 5.04. The smallest absolute Gasteiger partial charge is 0.306 e. The largest absolute Gasteiger partial charge is 0.462 e. The summed E-state index contributed by atoms with van der Waals surface area (Å²) in [5.41, 5.74) is -0.106. The van der Waals surface area contributed by atoms with Crippen LogP contribution in [0.25, 0.3) is 0 Å². The van der Waals surface area contributed by atoms with E-state index in [1.165, 1.54) is 0 Å². The van der Waals surface area contributed by atoms with E-state index in [0.717, 1.165) is 32.1 Å². The zero-order valence-corrected chi connectivity index (χ0v) is 9.70. The van der Waals surface area contributed by atoms with Crippen molar-refractivity contribution in [3.05, 3.63) is 0 Å². The number of hydrogen-bond donors (Lipinski definition) is 0. The minimum absolute atomic E-state index is 0.0471. The molecule has 1 heterocycles. The Kier molecular flexibility index (Phi) is 2.13. The van der Waals surface area contributed by atoms with Gasteiger partial charge in [-0.25, -0.2) is 0 Å². The number of fused-ring (bicyclic) bond motifs is 3. The fraction of sp³-hybridized carbons (Fsp3) is 0.846. The molecule has 1 aliphatic heterocycles. The molecule has 0 N–H and O–H groups in total. The first kappa shape index (κ1) is 10.3. The van der Waals surface area contributed by atoms with Crippen molar-refractivity contribution in [2.75, 3.05) is 0 Å². The van der Waals surface area contributed by atoms with E-state index in [1.54, 1.807) is 0 Å². The Morgan fingerprint density at radius 3 is 2.81 bits per heavy atom. The van der Waals surface area contributed by atoms with E-state index in [-0.39, 0.29) is 17.5 Å². The minimum Gasteiger partial charge on any atom is -0.462 e. The zero-order valence-electron chi connectivity index (χ0n) is 9.70. The van der Waals surface area contributed by atoms with Crippen LogP contribution in [0.3, 0.4) is 0 Å². The predicted octanol–water partition coefficient (Wildman–Crippen LogP) is 2.09. The highest BCUT2D eigenvalue weighted by molar-refractivity contribution is 5.87. The molecule has 0 radical (unpaired) electrons. The van der Waals surface area contributed by atoms with E-state index in [2.05, 4.69) is 6.92 Å². The molecule has 0 aromatic heterocycles. The van der Waals surface area contributed by atoms with Crippen molar-refractivity contribution in [2.24, 2.45) is 17.3 Å². The molecule has 3 rings (SSSR count). The van der Waals surface area contributed by atoms with Crippen LogP contribution in [0.4, 0.5) is 0 Å². The highest BCUT2D eigenvalue weighted by Crippen LogP contribution is 2.55. The van der Waals surface area contributed by atoms with Gasteiger partial charge in [0.05, 0.1) is 0 Å². The van der Waals surface area contributed by atoms with Crippen LogP contribution in [0, 0.1) is 17.3 Å². The summed E-state index contributed by atoms with van der Waals surface area (Å²) in [5, 5.41) is 0. The molecule has 4 atom stereocenters. The lowest BCUT2D eigenvalue weighted by Gasteiger charge is -2.46. The Balaban J connectivity index is 1.87. The summed E-state index contributed by atoms with van der Waals surface area (Å²) < 4.78 is 5.43. The Hall–Kier alpha value is -0.860. The van der Waals surface area contributed by atoms with Gasteiger partial charge < -0.3 is 4.74 Å². The van der Waals surface area contributed by atoms with E-state index < -0.39 is 0 Å². The van der Waals surface area contributed by atoms with Crippen molar-refractivity contribution in [3.63, 3.8) is 0 Å². The van der Waals surface area contributed by atoms with Gasteiger partial charge in [-0.1, -0.05) is 6.92 Å². The first-order valence-electron chi connectivity index (χ1n) is 6.34. The Labute approximate surface area is 95.5 Å². The second-order valence-corrected chi connectivity index (χ2v) is 5.76. The van der Waals surface area contributed by atoms with Crippen molar-refractivity contribution in [2.45, 2.75) is 51.6 Å². The van der Waals surface area contributed by atoms with Gasteiger partial charge in [0, 0.05) is 24.2 Å². The van der Waals surface area contributed by atoms with E-state index in [1.807, 2.05) is 0 Å². The average molecular weight is 222 g/mol. The van der Waals surface area contributed by atoms with Crippen molar-refractivity contribution in [1.82, 2.24) is 0 Å². The van der Waals surface area contributed by atoms with Gasteiger partial charge in [0.25, 0.3) is 0 Å². The summed E-state index contributed by atoms with van der Waals surface area (Å²) in [6, 6.07) is 0. The fourth-order valence-corrected chi connectivity index (χ4v) is 4.07. The van der Waals surface area contributed by atoms with Gasteiger partial charge in [-0.15, -0.1) is 0 Å². The first-order valence-corrected chi connectivity index (χ1v) is 6.34. The predicted molar refractivity (Wildman–Crippen MR) is 57.7 cm³/mol. The summed E-state index contributed by atoms with van der Waals surface area (Å²) in [4.78, 5) is 23.2. The van der Waals surface area contributed by atoms with Gasteiger partial charge in [-0.3, -0.25) is 9.59 Å². The summed E-state index contributed by atoms with van der Waals surface area (Å²) in [6.45, 7) is 2.12. The normalized spacial score (nSPS) is 47.2. The van der Waals surface area contributed by atoms with Crippen molar-refractivity contribution < 1.29 is 14.3 Å². The second kappa shape index (κ2) is 3.31. The molecule has 3 fully saturated rings. The molecule has 0 amide bonds. The molecule has 0 aromatic rings. The Morgan fingerprint density at radius 2 is 2.00 bits per heavy atom. The molecule has 2 aliphatic carbocycles. The second-order valence-electron chi connectivity index (χ2n) is 5.76. The molecule has 2 saturated carbocycles. The average Bonchev–Trinajstić information content (AvgIpc) is 2.56. The van der Waals surface area contributed by atoms with Crippen LogP contribution >= 0.6 is 0 Å². The lowest BCUT2D eigenvalue weighted by atomic mass is 9.61. The minimum atomic E-state index is -0.106. The lowest BCUT2D eigenvalue weighted by molar-refractivity contribution is -0.168. The summed E-state index contributed by atoms with van der Waals surface area (Å²) in [6.07, 6.45) is 5.11. The highest BCUT2D eigenvalue weighted by Gasteiger charge is 2.55. The summed E-state index contributed by atoms with van der Waals surface area (Å²) >= 11 is 0. The van der Waals surface area contributed by atoms with E-state index >= 15 is 0 Å². The Morgan fingerprint density at radius 1 is 1.19 bits per heavy atom. The van der Waals surface area contributed by atoms with Crippen LogP contribution < -0.4 is 0 Å². The molecule has 3 heteroatoms. The molecule has 0 aromatic carbocycles.